The van der Waals surface area contributed by atoms with Crippen molar-refractivity contribution < 1.29 is 14.5 Å². The van der Waals surface area contributed by atoms with Crippen molar-refractivity contribution in [2.24, 2.45) is 0 Å². The molecule has 0 atom stereocenters. The maximum absolute atomic E-state index is 12.8. The molecule has 0 saturated carbocycles. The first-order valence-electron chi connectivity index (χ1n) is 10.5. The lowest BCUT2D eigenvalue weighted by atomic mass is 10.1. The number of rotatable bonds is 6. The molecule has 2 aromatic carbocycles. The number of nitrogens with zero attached hydrogens (tertiary/aromatic N) is 4. The van der Waals surface area contributed by atoms with Crippen molar-refractivity contribution in [3.05, 3.63) is 75.6 Å². The molecule has 0 spiro atoms. The average Bonchev–Trinajstić information content (AvgIpc) is 2.79. The summed E-state index contributed by atoms with van der Waals surface area (Å²) >= 11 is 0. The van der Waals surface area contributed by atoms with Crippen LogP contribution in [0.2, 0.25) is 0 Å². The monoisotopic (exact) mass is 448 g/mol. The van der Waals surface area contributed by atoms with Gasteiger partial charge in [-0.1, -0.05) is 6.07 Å². The Morgan fingerprint density at radius 2 is 1.73 bits per heavy atom. The van der Waals surface area contributed by atoms with Crippen molar-refractivity contribution in [1.29, 1.82) is 0 Å². The molecule has 1 fully saturated rings. The van der Waals surface area contributed by atoms with E-state index in [1.165, 1.54) is 6.07 Å². The smallest absolute Gasteiger partial charge is 0.293 e. The zero-order valence-corrected chi connectivity index (χ0v) is 18.4. The van der Waals surface area contributed by atoms with Gasteiger partial charge in [-0.3, -0.25) is 14.9 Å². The highest BCUT2D eigenvalue weighted by atomic mass is 16.6. The van der Waals surface area contributed by atoms with E-state index in [1.807, 2.05) is 30.9 Å². The fourth-order valence-electron chi connectivity index (χ4n) is 3.67. The van der Waals surface area contributed by atoms with Crippen LogP contribution in [0.1, 0.15) is 21.7 Å². The highest BCUT2D eigenvalue weighted by Gasteiger charge is 2.23. The quantitative estimate of drug-likeness (QED) is 0.431. The summed E-state index contributed by atoms with van der Waals surface area (Å²) in [5.41, 5.74) is 3.51. The molecule has 1 aliphatic heterocycles. The lowest BCUT2D eigenvalue weighted by Crippen LogP contribution is -2.36. The van der Waals surface area contributed by atoms with Crippen LogP contribution in [0, 0.1) is 24.0 Å². The van der Waals surface area contributed by atoms with E-state index in [9.17, 15) is 14.9 Å². The molecule has 4 rings (SSSR count). The Morgan fingerprint density at radius 1 is 1.03 bits per heavy atom. The van der Waals surface area contributed by atoms with Crippen LogP contribution in [0.15, 0.2) is 48.5 Å². The normalized spacial score (nSPS) is 13.5. The first-order chi connectivity index (χ1) is 15.9. The number of aromatic nitrogens is 2. The summed E-state index contributed by atoms with van der Waals surface area (Å²) < 4.78 is 5.32. The second kappa shape index (κ2) is 9.61. The number of anilines is 4. The molecule has 1 aliphatic rings. The maximum atomic E-state index is 12.8. The molecule has 33 heavy (non-hydrogen) atoms. The SMILES string of the molecule is Cc1cc(C)nc(Nc2cccc(NC(=O)c3ccc(N4CCOCC4)c([N+](=O)[O-])c3)c2)n1. The van der Waals surface area contributed by atoms with Crippen LogP contribution in [0.25, 0.3) is 0 Å². The molecule has 0 bridgehead atoms. The van der Waals surface area contributed by atoms with E-state index in [0.717, 1.165) is 11.4 Å². The summed E-state index contributed by atoms with van der Waals surface area (Å²) in [7, 11) is 0. The van der Waals surface area contributed by atoms with Crippen molar-refractivity contribution >= 4 is 34.6 Å². The molecule has 0 aliphatic carbocycles. The number of morpholine rings is 1. The number of nitrogens with one attached hydrogen (secondary N) is 2. The van der Waals surface area contributed by atoms with Crippen molar-refractivity contribution in [2.45, 2.75) is 13.8 Å². The van der Waals surface area contributed by atoms with Gasteiger partial charge in [-0.15, -0.1) is 0 Å². The highest BCUT2D eigenvalue weighted by molar-refractivity contribution is 6.05. The zero-order valence-electron chi connectivity index (χ0n) is 18.4. The van der Waals surface area contributed by atoms with Gasteiger partial charge in [0.15, 0.2) is 0 Å². The first-order valence-corrected chi connectivity index (χ1v) is 10.5. The van der Waals surface area contributed by atoms with Gasteiger partial charge in [-0.25, -0.2) is 9.97 Å². The average molecular weight is 448 g/mol. The van der Waals surface area contributed by atoms with Crippen LogP contribution < -0.4 is 15.5 Å². The minimum Gasteiger partial charge on any atom is -0.378 e. The summed E-state index contributed by atoms with van der Waals surface area (Å²) in [5, 5.41) is 17.6. The van der Waals surface area contributed by atoms with E-state index in [2.05, 4.69) is 20.6 Å². The number of ether oxygens (including phenoxy) is 1. The lowest BCUT2D eigenvalue weighted by molar-refractivity contribution is -0.384. The van der Waals surface area contributed by atoms with Crippen LogP contribution in [-0.4, -0.2) is 47.1 Å². The summed E-state index contributed by atoms with van der Waals surface area (Å²) in [6.45, 7) is 5.93. The summed E-state index contributed by atoms with van der Waals surface area (Å²) in [5.74, 6) is 0.0248. The van der Waals surface area contributed by atoms with Gasteiger partial charge in [0.1, 0.15) is 5.69 Å². The van der Waals surface area contributed by atoms with E-state index in [0.29, 0.717) is 49.3 Å². The molecule has 2 N–H and O–H groups in total. The molecule has 1 amide bonds. The number of amides is 1. The summed E-state index contributed by atoms with van der Waals surface area (Å²) in [6, 6.07) is 13.5. The van der Waals surface area contributed by atoms with Gasteiger partial charge in [-0.2, -0.15) is 0 Å². The third kappa shape index (κ3) is 5.42. The first kappa shape index (κ1) is 22.2. The molecule has 2 heterocycles. The van der Waals surface area contributed by atoms with Crippen LogP contribution >= 0.6 is 0 Å². The van der Waals surface area contributed by atoms with E-state index >= 15 is 0 Å². The number of aryl methyl sites for hydroxylation is 2. The number of hydrogen-bond acceptors (Lipinski definition) is 8. The van der Waals surface area contributed by atoms with Crippen LogP contribution in [0.5, 0.6) is 0 Å². The Kier molecular flexibility index (Phi) is 6.45. The topological polar surface area (TPSA) is 123 Å². The second-order valence-corrected chi connectivity index (χ2v) is 7.69. The number of nitro benzene ring substituents is 1. The third-order valence-corrected chi connectivity index (χ3v) is 5.14. The predicted molar refractivity (Wildman–Crippen MR) is 125 cm³/mol. The zero-order chi connectivity index (χ0) is 23.4. The van der Waals surface area contributed by atoms with Crippen LogP contribution in [0.4, 0.5) is 28.7 Å². The Hall–Kier alpha value is -4.05. The minimum absolute atomic E-state index is 0.105. The Balaban J connectivity index is 1.51. The molecular formula is C23H24N6O4. The largest absolute Gasteiger partial charge is 0.378 e. The van der Waals surface area contributed by atoms with Crippen molar-refractivity contribution in [3.8, 4) is 0 Å². The van der Waals surface area contributed by atoms with E-state index < -0.39 is 10.8 Å². The van der Waals surface area contributed by atoms with Gasteiger partial charge in [0.25, 0.3) is 11.6 Å². The van der Waals surface area contributed by atoms with Gasteiger partial charge >= 0.3 is 0 Å². The Bertz CT molecular complexity index is 1170. The number of carbonyl (C=O) groups excluding carboxylic acids is 1. The van der Waals surface area contributed by atoms with Gasteiger partial charge in [0.2, 0.25) is 5.95 Å². The second-order valence-electron chi connectivity index (χ2n) is 7.69. The number of hydrogen-bond donors (Lipinski definition) is 2. The van der Waals surface area contributed by atoms with E-state index in [-0.39, 0.29) is 11.3 Å². The molecule has 0 radical (unpaired) electrons. The van der Waals surface area contributed by atoms with Crippen LogP contribution in [0.3, 0.4) is 0 Å². The molecule has 3 aromatic rings. The standard InChI is InChI=1S/C23H24N6O4/c1-15-12-16(2)25-23(24-15)27-19-5-3-4-18(14-19)26-22(30)17-6-7-20(21(13-17)29(31)32)28-8-10-33-11-9-28/h3-7,12-14H,8-11H2,1-2H3,(H,26,30)(H,24,25,27). The van der Waals surface area contributed by atoms with Gasteiger partial charge < -0.3 is 20.3 Å². The molecule has 0 unspecified atom stereocenters. The highest BCUT2D eigenvalue weighted by Crippen LogP contribution is 2.30. The molecular weight excluding hydrogens is 424 g/mol. The molecule has 1 aromatic heterocycles. The number of benzene rings is 2. The third-order valence-electron chi connectivity index (χ3n) is 5.14. The Labute approximate surface area is 190 Å². The fourth-order valence-corrected chi connectivity index (χ4v) is 3.67. The van der Waals surface area contributed by atoms with Crippen molar-refractivity contribution in [2.75, 3.05) is 41.8 Å². The van der Waals surface area contributed by atoms with Gasteiger partial charge in [-0.05, 0) is 50.2 Å². The predicted octanol–water partition coefficient (Wildman–Crippen LogP) is 3.83. The summed E-state index contributed by atoms with van der Waals surface area (Å²) in [6.07, 6.45) is 0. The van der Waals surface area contributed by atoms with E-state index in [4.69, 9.17) is 4.74 Å². The van der Waals surface area contributed by atoms with Crippen LogP contribution in [-0.2, 0) is 4.74 Å². The van der Waals surface area contributed by atoms with Gasteiger partial charge in [0.05, 0.1) is 18.1 Å². The number of nitro groups is 1. The lowest BCUT2D eigenvalue weighted by Gasteiger charge is -2.28. The van der Waals surface area contributed by atoms with Crippen molar-refractivity contribution in [3.63, 3.8) is 0 Å². The minimum atomic E-state index is -0.462. The molecule has 10 nitrogen and oxygen atoms in total. The van der Waals surface area contributed by atoms with E-state index in [1.54, 1.807) is 30.3 Å². The molecule has 1 saturated heterocycles. The molecule has 10 heteroatoms. The Morgan fingerprint density at radius 3 is 2.42 bits per heavy atom. The maximum Gasteiger partial charge on any atom is 0.293 e. The van der Waals surface area contributed by atoms with Gasteiger partial charge in [0, 0.05) is 47.5 Å². The summed E-state index contributed by atoms with van der Waals surface area (Å²) in [4.78, 5) is 34.6. The number of carbonyl (C=O) groups is 1. The fraction of sp³-hybridized carbons (Fsp3) is 0.261. The molecule has 170 valence electrons. The van der Waals surface area contributed by atoms with Crippen molar-refractivity contribution in [1.82, 2.24) is 9.97 Å².